The minimum Gasteiger partial charge on any atom is -0.474 e. The van der Waals surface area contributed by atoms with Crippen molar-refractivity contribution in [2.75, 3.05) is 39.5 Å². The van der Waals surface area contributed by atoms with Crippen LogP contribution in [0.1, 0.15) is 54.9 Å². The molecule has 1 aliphatic heterocycles. The molecule has 2 aliphatic carbocycles. The number of rotatable bonds is 6. The smallest absolute Gasteiger partial charge is 0.225 e. The van der Waals surface area contributed by atoms with Crippen LogP contribution in [0.3, 0.4) is 0 Å². The normalized spacial score (nSPS) is 28.0. The maximum atomic E-state index is 9.47. The zero-order valence-electron chi connectivity index (χ0n) is 17.0. The first kappa shape index (κ1) is 19.7. The molecule has 2 fully saturated rings. The number of hydrogen-bond acceptors (Lipinski definition) is 7. The van der Waals surface area contributed by atoms with Crippen LogP contribution in [0, 0.1) is 5.92 Å². The van der Waals surface area contributed by atoms with E-state index in [-0.39, 0.29) is 12.7 Å². The number of ether oxygens (including phenoxy) is 2. The number of nitrogens with zero attached hydrogens (tertiary/aromatic N) is 3. The molecule has 0 spiro atoms. The molecule has 6 nitrogen and oxygen atoms in total. The Kier molecular flexibility index (Phi) is 5.99. The molecule has 0 aromatic carbocycles. The fourth-order valence-corrected chi connectivity index (χ4v) is 6.54. The monoisotopic (exact) mass is 417 g/mol. The van der Waals surface area contributed by atoms with Crippen molar-refractivity contribution >= 4 is 21.6 Å². The largest absolute Gasteiger partial charge is 0.474 e. The third-order valence-electron chi connectivity index (χ3n) is 6.87. The number of aromatic nitrogens is 2. The molecule has 3 aliphatic rings. The molecule has 1 N–H and O–H groups in total. The quantitative estimate of drug-likeness (QED) is 0.777. The Hall–Kier alpha value is -1.28. The molecular weight excluding hydrogens is 386 g/mol. The lowest BCUT2D eigenvalue weighted by atomic mass is 9.87. The van der Waals surface area contributed by atoms with Gasteiger partial charge < -0.3 is 14.6 Å². The number of hydrogen-bond donors (Lipinski definition) is 1. The maximum absolute atomic E-state index is 9.47. The van der Waals surface area contributed by atoms with E-state index in [1.807, 2.05) is 0 Å². The van der Waals surface area contributed by atoms with Gasteiger partial charge in [0.1, 0.15) is 17.3 Å². The number of fused-ring (bicyclic) bond motifs is 3. The van der Waals surface area contributed by atoms with Crippen LogP contribution in [0.5, 0.6) is 5.88 Å². The van der Waals surface area contributed by atoms with Crippen LogP contribution >= 0.6 is 11.3 Å². The standard InChI is InChI=1S/C22H31N3O3S/c26-10-7-16-3-6-18-19(16)20-21(23-14-24-22(20)29-18)28-17-4-1-15(2-5-17)13-25-8-11-27-12-9-25/h14-17,26H,1-13H2. The van der Waals surface area contributed by atoms with E-state index in [9.17, 15) is 5.11 Å². The lowest BCUT2D eigenvalue weighted by molar-refractivity contribution is 0.0231. The summed E-state index contributed by atoms with van der Waals surface area (Å²) in [5, 5.41) is 10.6. The topological polar surface area (TPSA) is 67.7 Å². The van der Waals surface area contributed by atoms with Gasteiger partial charge in [-0.15, -0.1) is 11.3 Å². The highest BCUT2D eigenvalue weighted by atomic mass is 32.1. The summed E-state index contributed by atoms with van der Waals surface area (Å²) in [7, 11) is 0. The molecule has 0 radical (unpaired) electrons. The molecule has 29 heavy (non-hydrogen) atoms. The van der Waals surface area contributed by atoms with Crippen molar-refractivity contribution < 1.29 is 14.6 Å². The van der Waals surface area contributed by atoms with E-state index in [0.29, 0.717) is 5.92 Å². The summed E-state index contributed by atoms with van der Waals surface area (Å²) in [6, 6.07) is 0. The van der Waals surface area contributed by atoms with Crippen LogP contribution in [0.2, 0.25) is 0 Å². The zero-order valence-corrected chi connectivity index (χ0v) is 17.8. The van der Waals surface area contributed by atoms with E-state index in [1.54, 1.807) is 17.7 Å². The Balaban J connectivity index is 1.25. The molecule has 1 saturated heterocycles. The summed E-state index contributed by atoms with van der Waals surface area (Å²) in [4.78, 5) is 14.1. The van der Waals surface area contributed by atoms with Gasteiger partial charge in [0.15, 0.2) is 0 Å². The minimum atomic E-state index is 0.235. The van der Waals surface area contributed by atoms with E-state index < -0.39 is 0 Å². The van der Waals surface area contributed by atoms with E-state index >= 15 is 0 Å². The molecule has 1 unspecified atom stereocenters. The van der Waals surface area contributed by atoms with Crippen LogP contribution in [0.4, 0.5) is 0 Å². The predicted octanol–water partition coefficient (Wildman–Crippen LogP) is 3.37. The second-order valence-corrected chi connectivity index (χ2v) is 9.80. The summed E-state index contributed by atoms with van der Waals surface area (Å²) >= 11 is 1.78. The van der Waals surface area contributed by atoms with Gasteiger partial charge in [-0.25, -0.2) is 9.97 Å². The first-order valence-corrected chi connectivity index (χ1v) is 12.0. The van der Waals surface area contributed by atoms with Crippen molar-refractivity contribution in [3.05, 3.63) is 16.8 Å². The Morgan fingerprint density at radius 1 is 1.14 bits per heavy atom. The van der Waals surface area contributed by atoms with Gasteiger partial charge in [-0.2, -0.15) is 0 Å². The van der Waals surface area contributed by atoms with Gasteiger partial charge in [0.25, 0.3) is 0 Å². The summed E-state index contributed by atoms with van der Waals surface area (Å²) in [6.45, 7) is 5.35. The summed E-state index contributed by atoms with van der Waals surface area (Å²) in [6.07, 6.45) is 9.60. The van der Waals surface area contributed by atoms with Crippen molar-refractivity contribution in [2.45, 2.75) is 57.0 Å². The van der Waals surface area contributed by atoms with Crippen molar-refractivity contribution in [2.24, 2.45) is 5.92 Å². The fourth-order valence-electron chi connectivity index (χ4n) is 5.31. The van der Waals surface area contributed by atoms with Crippen molar-refractivity contribution in [3.8, 4) is 5.88 Å². The van der Waals surface area contributed by atoms with Crippen LogP contribution in [-0.2, 0) is 11.2 Å². The predicted molar refractivity (Wildman–Crippen MR) is 114 cm³/mol. The molecule has 0 amide bonds. The zero-order chi connectivity index (χ0) is 19.6. The third kappa shape index (κ3) is 4.15. The van der Waals surface area contributed by atoms with Gasteiger partial charge in [0.2, 0.25) is 5.88 Å². The average molecular weight is 418 g/mol. The average Bonchev–Trinajstić information content (AvgIpc) is 3.31. The van der Waals surface area contributed by atoms with Crippen molar-refractivity contribution in [1.82, 2.24) is 14.9 Å². The van der Waals surface area contributed by atoms with Gasteiger partial charge in [-0.1, -0.05) is 0 Å². The molecule has 158 valence electrons. The van der Waals surface area contributed by atoms with Crippen molar-refractivity contribution in [3.63, 3.8) is 0 Å². The number of aliphatic hydroxyl groups is 1. The SMILES string of the molecule is OCCC1CCc2sc3ncnc(OC4CCC(CN5CCOCC5)CC4)c3c21. The summed E-state index contributed by atoms with van der Waals surface area (Å²) < 4.78 is 11.9. The van der Waals surface area contributed by atoms with Gasteiger partial charge in [0, 0.05) is 31.1 Å². The van der Waals surface area contributed by atoms with Gasteiger partial charge in [-0.05, 0) is 62.3 Å². The van der Waals surface area contributed by atoms with Crippen molar-refractivity contribution in [1.29, 1.82) is 0 Å². The first-order valence-electron chi connectivity index (χ1n) is 11.2. The molecule has 1 atom stereocenters. The Morgan fingerprint density at radius 3 is 2.76 bits per heavy atom. The van der Waals surface area contributed by atoms with Gasteiger partial charge in [-0.3, -0.25) is 4.90 Å². The fraction of sp³-hybridized carbons (Fsp3) is 0.727. The molecule has 3 heterocycles. The maximum Gasteiger partial charge on any atom is 0.225 e. The highest BCUT2D eigenvalue weighted by molar-refractivity contribution is 7.19. The van der Waals surface area contributed by atoms with E-state index in [2.05, 4.69) is 14.9 Å². The molecule has 2 aromatic rings. The summed E-state index contributed by atoms with van der Waals surface area (Å²) in [5.74, 6) is 1.97. The van der Waals surface area contributed by atoms with Crippen LogP contribution < -0.4 is 4.74 Å². The second kappa shape index (κ2) is 8.84. The lowest BCUT2D eigenvalue weighted by Gasteiger charge is -2.34. The number of aryl methyl sites for hydroxylation is 1. The molecule has 2 aromatic heterocycles. The Labute approximate surface area is 176 Å². The first-order chi connectivity index (χ1) is 14.3. The molecule has 7 heteroatoms. The molecular formula is C22H31N3O3S. The van der Waals surface area contributed by atoms with E-state index in [4.69, 9.17) is 9.47 Å². The number of aliphatic hydroxyl groups excluding tert-OH is 1. The summed E-state index contributed by atoms with van der Waals surface area (Å²) in [5.41, 5.74) is 1.36. The Morgan fingerprint density at radius 2 is 1.97 bits per heavy atom. The Bertz CT molecular complexity index is 828. The van der Waals surface area contributed by atoms with E-state index in [0.717, 1.165) is 80.4 Å². The minimum absolute atomic E-state index is 0.235. The molecule has 5 rings (SSSR count). The van der Waals surface area contributed by atoms with Crippen LogP contribution in [-0.4, -0.2) is 65.5 Å². The van der Waals surface area contributed by atoms with Crippen LogP contribution in [0.25, 0.3) is 10.2 Å². The van der Waals surface area contributed by atoms with Gasteiger partial charge in [0.05, 0.1) is 18.6 Å². The highest BCUT2D eigenvalue weighted by Gasteiger charge is 2.31. The highest BCUT2D eigenvalue weighted by Crippen LogP contribution is 2.47. The van der Waals surface area contributed by atoms with Crippen LogP contribution in [0.15, 0.2) is 6.33 Å². The second-order valence-electron chi connectivity index (χ2n) is 8.72. The molecule has 1 saturated carbocycles. The van der Waals surface area contributed by atoms with Gasteiger partial charge >= 0.3 is 0 Å². The number of thiophene rings is 1. The third-order valence-corrected chi connectivity index (χ3v) is 8.04. The number of morpholine rings is 1. The molecule has 0 bridgehead atoms. The van der Waals surface area contributed by atoms with E-state index in [1.165, 1.54) is 29.8 Å². The lowest BCUT2D eigenvalue weighted by Crippen LogP contribution is -2.40.